The summed E-state index contributed by atoms with van der Waals surface area (Å²) >= 11 is 5.79. The van der Waals surface area contributed by atoms with Crippen LogP contribution in [0.15, 0.2) is 47.6 Å². The summed E-state index contributed by atoms with van der Waals surface area (Å²) in [6.07, 6.45) is 0. The van der Waals surface area contributed by atoms with Gasteiger partial charge in [0.15, 0.2) is 5.84 Å². The lowest BCUT2D eigenvalue weighted by Gasteiger charge is -2.12. The Morgan fingerprint density at radius 1 is 1.24 bits per heavy atom. The van der Waals surface area contributed by atoms with Crippen molar-refractivity contribution in [2.24, 2.45) is 10.9 Å². The van der Waals surface area contributed by atoms with Crippen LogP contribution < -0.4 is 11.1 Å². The van der Waals surface area contributed by atoms with Crippen molar-refractivity contribution in [1.82, 2.24) is 0 Å². The molecule has 0 saturated heterocycles. The van der Waals surface area contributed by atoms with Crippen molar-refractivity contribution in [3.8, 4) is 0 Å². The third kappa shape index (κ3) is 3.32. The molecule has 0 saturated carbocycles. The number of oxime groups is 1. The van der Waals surface area contributed by atoms with Crippen LogP contribution >= 0.6 is 11.6 Å². The van der Waals surface area contributed by atoms with Gasteiger partial charge in [-0.05, 0) is 42.8 Å². The van der Waals surface area contributed by atoms with Crippen LogP contribution in [0.5, 0.6) is 0 Å². The molecule has 5 nitrogen and oxygen atoms in total. The van der Waals surface area contributed by atoms with E-state index in [1.807, 2.05) is 13.0 Å². The molecule has 0 fully saturated rings. The molecule has 4 N–H and O–H groups in total. The third-order valence-corrected chi connectivity index (χ3v) is 3.24. The van der Waals surface area contributed by atoms with Gasteiger partial charge >= 0.3 is 0 Å². The second-order valence-corrected chi connectivity index (χ2v) is 4.88. The van der Waals surface area contributed by atoms with E-state index in [1.54, 1.807) is 36.4 Å². The molecular weight excluding hydrogens is 290 g/mol. The number of amides is 1. The van der Waals surface area contributed by atoms with Gasteiger partial charge in [0.1, 0.15) is 0 Å². The van der Waals surface area contributed by atoms with Crippen LogP contribution in [0.2, 0.25) is 5.02 Å². The van der Waals surface area contributed by atoms with Crippen molar-refractivity contribution in [3.05, 3.63) is 64.2 Å². The number of hydrogen-bond donors (Lipinski definition) is 3. The Morgan fingerprint density at radius 3 is 2.52 bits per heavy atom. The Hall–Kier alpha value is -2.53. The Kier molecular flexibility index (Phi) is 4.45. The van der Waals surface area contributed by atoms with Crippen LogP contribution in [0.4, 0.5) is 5.69 Å². The fraction of sp³-hybridized carbons (Fsp3) is 0.0667. The normalized spacial score (nSPS) is 11.2. The number of nitrogens with one attached hydrogen (secondary N) is 1. The predicted octanol–water partition coefficient (Wildman–Crippen LogP) is 3.00. The summed E-state index contributed by atoms with van der Waals surface area (Å²) < 4.78 is 0. The molecule has 0 unspecified atom stereocenters. The molecule has 0 aliphatic heterocycles. The van der Waals surface area contributed by atoms with E-state index in [1.165, 1.54) is 0 Å². The minimum atomic E-state index is -0.302. The first-order chi connectivity index (χ1) is 10.0. The van der Waals surface area contributed by atoms with Crippen molar-refractivity contribution in [2.45, 2.75) is 6.92 Å². The summed E-state index contributed by atoms with van der Waals surface area (Å²) in [7, 11) is 0. The molecule has 1 amide bonds. The molecule has 2 aromatic rings. The minimum absolute atomic E-state index is 0.0560. The van der Waals surface area contributed by atoms with Crippen molar-refractivity contribution in [3.63, 3.8) is 0 Å². The zero-order valence-corrected chi connectivity index (χ0v) is 12.1. The SMILES string of the molecule is Cc1cccc(NC(=O)c2ccc(Cl)cc2)c1/C(N)=N/O. The Bertz CT molecular complexity index is 697. The summed E-state index contributed by atoms with van der Waals surface area (Å²) in [5, 5.41) is 15.2. The quantitative estimate of drug-likeness (QED) is 0.352. The van der Waals surface area contributed by atoms with Gasteiger partial charge < -0.3 is 16.3 Å². The molecule has 0 bridgehead atoms. The zero-order chi connectivity index (χ0) is 15.4. The first-order valence-electron chi connectivity index (χ1n) is 6.17. The predicted molar refractivity (Wildman–Crippen MR) is 83.1 cm³/mol. The number of benzene rings is 2. The van der Waals surface area contributed by atoms with Gasteiger partial charge in [-0.15, -0.1) is 0 Å². The van der Waals surface area contributed by atoms with Gasteiger partial charge in [-0.3, -0.25) is 4.79 Å². The third-order valence-electron chi connectivity index (χ3n) is 2.99. The standard InChI is InChI=1S/C15H14ClN3O2/c1-9-3-2-4-12(13(9)14(17)19-21)18-15(20)10-5-7-11(16)8-6-10/h2-8,21H,1H3,(H2,17,19)(H,18,20). The molecule has 0 spiro atoms. The number of carbonyl (C=O) groups excluding carboxylic acids is 1. The summed E-state index contributed by atoms with van der Waals surface area (Å²) in [6, 6.07) is 11.8. The van der Waals surface area contributed by atoms with Gasteiger partial charge in [-0.2, -0.15) is 0 Å². The molecule has 108 valence electrons. The van der Waals surface area contributed by atoms with Crippen LogP contribution in [0, 0.1) is 6.92 Å². The van der Waals surface area contributed by atoms with E-state index < -0.39 is 0 Å². The lowest BCUT2D eigenvalue weighted by atomic mass is 10.1. The number of aryl methyl sites for hydroxylation is 1. The molecule has 0 atom stereocenters. The van der Waals surface area contributed by atoms with Crippen molar-refractivity contribution in [2.75, 3.05) is 5.32 Å². The zero-order valence-electron chi connectivity index (χ0n) is 11.3. The molecule has 0 aromatic heterocycles. The summed E-state index contributed by atoms with van der Waals surface area (Å²) in [4.78, 5) is 12.2. The second-order valence-electron chi connectivity index (χ2n) is 4.44. The molecule has 21 heavy (non-hydrogen) atoms. The fourth-order valence-corrected chi connectivity index (χ4v) is 2.08. The molecular formula is C15H14ClN3O2. The highest BCUT2D eigenvalue weighted by molar-refractivity contribution is 6.30. The van der Waals surface area contributed by atoms with Crippen molar-refractivity contribution < 1.29 is 10.0 Å². The van der Waals surface area contributed by atoms with Gasteiger partial charge in [0.25, 0.3) is 5.91 Å². The van der Waals surface area contributed by atoms with E-state index in [0.717, 1.165) is 5.56 Å². The molecule has 2 rings (SSSR count). The lowest BCUT2D eigenvalue weighted by Crippen LogP contribution is -2.20. The van der Waals surface area contributed by atoms with Crippen molar-refractivity contribution in [1.29, 1.82) is 0 Å². The number of amidine groups is 1. The topological polar surface area (TPSA) is 87.7 Å². The Labute approximate surface area is 127 Å². The van der Waals surface area contributed by atoms with Crippen LogP contribution in [0.25, 0.3) is 0 Å². The van der Waals surface area contributed by atoms with E-state index in [2.05, 4.69) is 10.5 Å². The maximum absolute atomic E-state index is 12.2. The van der Waals surface area contributed by atoms with Gasteiger partial charge in [0.2, 0.25) is 0 Å². The number of anilines is 1. The number of nitrogens with two attached hydrogens (primary N) is 1. The number of hydrogen-bond acceptors (Lipinski definition) is 3. The van der Waals surface area contributed by atoms with Crippen LogP contribution in [0.3, 0.4) is 0 Å². The maximum atomic E-state index is 12.2. The van der Waals surface area contributed by atoms with E-state index in [-0.39, 0.29) is 11.7 Å². The van der Waals surface area contributed by atoms with Gasteiger partial charge in [0.05, 0.1) is 5.69 Å². The monoisotopic (exact) mass is 303 g/mol. The summed E-state index contributed by atoms with van der Waals surface area (Å²) in [5.74, 6) is -0.358. The average molecular weight is 304 g/mol. The number of carbonyl (C=O) groups is 1. The average Bonchev–Trinajstić information content (AvgIpc) is 2.47. The molecule has 0 aliphatic carbocycles. The smallest absolute Gasteiger partial charge is 0.255 e. The van der Waals surface area contributed by atoms with Crippen LogP contribution in [0.1, 0.15) is 21.5 Å². The van der Waals surface area contributed by atoms with Crippen LogP contribution in [-0.4, -0.2) is 17.0 Å². The molecule has 2 aromatic carbocycles. The molecule has 0 heterocycles. The molecule has 0 radical (unpaired) electrons. The van der Waals surface area contributed by atoms with E-state index in [4.69, 9.17) is 22.5 Å². The van der Waals surface area contributed by atoms with Gasteiger partial charge in [0, 0.05) is 16.1 Å². The first-order valence-corrected chi connectivity index (χ1v) is 6.55. The first kappa shape index (κ1) is 14.9. The summed E-state index contributed by atoms with van der Waals surface area (Å²) in [5.41, 5.74) is 7.88. The highest BCUT2D eigenvalue weighted by Crippen LogP contribution is 2.20. The number of nitrogens with zero attached hydrogens (tertiary/aromatic N) is 1. The molecule has 6 heteroatoms. The largest absolute Gasteiger partial charge is 0.409 e. The highest BCUT2D eigenvalue weighted by Gasteiger charge is 2.13. The number of halogens is 1. The summed E-state index contributed by atoms with van der Waals surface area (Å²) in [6.45, 7) is 1.81. The Balaban J connectivity index is 2.33. The van der Waals surface area contributed by atoms with Crippen LogP contribution in [-0.2, 0) is 0 Å². The minimum Gasteiger partial charge on any atom is -0.409 e. The lowest BCUT2D eigenvalue weighted by molar-refractivity contribution is 0.102. The number of rotatable bonds is 3. The maximum Gasteiger partial charge on any atom is 0.255 e. The van der Waals surface area contributed by atoms with E-state index in [0.29, 0.717) is 21.8 Å². The molecule has 0 aliphatic rings. The van der Waals surface area contributed by atoms with Gasteiger partial charge in [-0.1, -0.05) is 28.9 Å². The van der Waals surface area contributed by atoms with E-state index >= 15 is 0 Å². The van der Waals surface area contributed by atoms with Gasteiger partial charge in [-0.25, -0.2) is 0 Å². The fourth-order valence-electron chi connectivity index (χ4n) is 1.96. The Morgan fingerprint density at radius 2 is 1.90 bits per heavy atom. The second kappa shape index (κ2) is 6.28. The van der Waals surface area contributed by atoms with Crippen molar-refractivity contribution >= 4 is 29.0 Å². The highest BCUT2D eigenvalue weighted by atomic mass is 35.5. The van der Waals surface area contributed by atoms with E-state index in [9.17, 15) is 4.79 Å².